The Hall–Kier alpha value is -3.15. The summed E-state index contributed by atoms with van der Waals surface area (Å²) in [6, 6.07) is 22.8. The zero-order chi connectivity index (χ0) is 23.7. The molecule has 2 heterocycles. The van der Waals surface area contributed by atoms with Gasteiger partial charge in [-0.05, 0) is 79.3 Å². The van der Waals surface area contributed by atoms with Crippen molar-refractivity contribution in [2.45, 2.75) is 45.2 Å². The van der Waals surface area contributed by atoms with Crippen LogP contribution in [0.5, 0.6) is 0 Å². The van der Waals surface area contributed by atoms with Gasteiger partial charge in [0.25, 0.3) is 5.91 Å². The lowest BCUT2D eigenvalue weighted by Gasteiger charge is -2.26. The van der Waals surface area contributed by atoms with Crippen molar-refractivity contribution in [1.29, 1.82) is 0 Å². The van der Waals surface area contributed by atoms with Crippen LogP contribution >= 0.6 is 12.4 Å². The largest absolute Gasteiger partial charge is 0.322 e. The van der Waals surface area contributed by atoms with Gasteiger partial charge in [-0.3, -0.25) is 14.5 Å². The van der Waals surface area contributed by atoms with E-state index in [-0.39, 0.29) is 24.2 Å². The summed E-state index contributed by atoms with van der Waals surface area (Å²) in [7, 11) is 1.79. The summed E-state index contributed by atoms with van der Waals surface area (Å²) in [4.78, 5) is 29.5. The molecule has 1 N–H and O–H groups in total. The summed E-state index contributed by atoms with van der Waals surface area (Å²) in [5.74, 6) is -0.0340. The molecule has 182 valence electrons. The van der Waals surface area contributed by atoms with Gasteiger partial charge in [0.1, 0.15) is 0 Å². The number of likely N-dealkylation sites (tertiary alicyclic amines) is 1. The molecule has 2 amide bonds. The third-order valence-corrected chi connectivity index (χ3v) is 7.20. The van der Waals surface area contributed by atoms with Crippen LogP contribution < -0.4 is 10.2 Å². The first-order valence-corrected chi connectivity index (χ1v) is 12.1. The molecule has 5 rings (SSSR count). The summed E-state index contributed by atoms with van der Waals surface area (Å²) < 4.78 is 0. The van der Waals surface area contributed by atoms with Gasteiger partial charge in [0.05, 0.1) is 0 Å². The van der Waals surface area contributed by atoms with Crippen molar-refractivity contribution in [3.8, 4) is 11.1 Å². The average molecular weight is 490 g/mol. The van der Waals surface area contributed by atoms with E-state index in [0.717, 1.165) is 30.8 Å². The summed E-state index contributed by atoms with van der Waals surface area (Å²) in [5, 5.41) is 3.04. The average Bonchev–Trinajstić information content (AvgIpc) is 3.26. The van der Waals surface area contributed by atoms with Gasteiger partial charge in [-0.2, -0.15) is 0 Å². The molecule has 1 saturated heterocycles. The highest BCUT2D eigenvalue weighted by atomic mass is 35.5. The molecule has 3 aromatic rings. The molecule has 1 atom stereocenters. The summed E-state index contributed by atoms with van der Waals surface area (Å²) in [5.41, 5.74) is 6.86. The van der Waals surface area contributed by atoms with E-state index in [9.17, 15) is 9.59 Å². The van der Waals surface area contributed by atoms with Crippen LogP contribution in [0.2, 0.25) is 0 Å². The predicted octanol–water partition coefficient (Wildman–Crippen LogP) is 5.92. The molecule has 0 aromatic heterocycles. The quantitative estimate of drug-likeness (QED) is 0.484. The SMILES string of the molecule is C[C@H]1CCCN1Cc1cc(C(=O)Nc2ccc3c(c2)N(C)C(=O)CC3)ccc1-c1ccccc1.Cl. The minimum absolute atomic E-state index is 0. The smallest absolute Gasteiger partial charge is 0.255 e. The maximum absolute atomic E-state index is 13.2. The summed E-state index contributed by atoms with van der Waals surface area (Å²) >= 11 is 0. The van der Waals surface area contributed by atoms with Gasteiger partial charge >= 0.3 is 0 Å². The number of carbonyl (C=O) groups is 2. The van der Waals surface area contributed by atoms with Crippen molar-refractivity contribution in [2.75, 3.05) is 23.8 Å². The van der Waals surface area contributed by atoms with E-state index in [2.05, 4.69) is 47.5 Å². The van der Waals surface area contributed by atoms with Crippen LogP contribution in [0.1, 0.15) is 47.7 Å². The number of halogens is 1. The second-order valence-electron chi connectivity index (χ2n) is 9.45. The van der Waals surface area contributed by atoms with Crippen LogP contribution in [0.25, 0.3) is 11.1 Å². The van der Waals surface area contributed by atoms with E-state index in [0.29, 0.717) is 23.7 Å². The maximum Gasteiger partial charge on any atom is 0.255 e. The van der Waals surface area contributed by atoms with E-state index in [1.165, 1.54) is 29.5 Å². The molecule has 0 radical (unpaired) electrons. The molecule has 2 aliphatic heterocycles. The van der Waals surface area contributed by atoms with Crippen LogP contribution in [-0.2, 0) is 17.8 Å². The second kappa shape index (κ2) is 10.6. The number of hydrogen-bond acceptors (Lipinski definition) is 3. The van der Waals surface area contributed by atoms with Gasteiger partial charge in [-0.1, -0.05) is 42.5 Å². The number of nitrogens with one attached hydrogen (secondary N) is 1. The molecular formula is C29H32ClN3O2. The maximum atomic E-state index is 13.2. The van der Waals surface area contributed by atoms with Crippen molar-refractivity contribution in [3.05, 3.63) is 83.4 Å². The second-order valence-corrected chi connectivity index (χ2v) is 9.45. The van der Waals surface area contributed by atoms with Crippen LogP contribution in [0, 0.1) is 0 Å². The molecule has 1 fully saturated rings. The highest BCUT2D eigenvalue weighted by Crippen LogP contribution is 2.31. The highest BCUT2D eigenvalue weighted by Gasteiger charge is 2.23. The number of aryl methyl sites for hydroxylation is 1. The lowest BCUT2D eigenvalue weighted by atomic mass is 9.96. The fourth-order valence-electron chi connectivity index (χ4n) is 5.12. The van der Waals surface area contributed by atoms with Gasteiger partial charge in [-0.25, -0.2) is 0 Å². The monoisotopic (exact) mass is 489 g/mol. The first-order valence-electron chi connectivity index (χ1n) is 12.1. The Balaban J connectivity index is 0.00000289. The Morgan fingerprint density at radius 3 is 2.57 bits per heavy atom. The zero-order valence-corrected chi connectivity index (χ0v) is 21.1. The molecule has 6 heteroatoms. The van der Waals surface area contributed by atoms with E-state index < -0.39 is 0 Å². The Kier molecular flexibility index (Phi) is 7.58. The van der Waals surface area contributed by atoms with Crippen molar-refractivity contribution in [1.82, 2.24) is 4.90 Å². The number of amides is 2. The Morgan fingerprint density at radius 1 is 1.03 bits per heavy atom. The van der Waals surface area contributed by atoms with Crippen LogP contribution in [0.15, 0.2) is 66.7 Å². The molecular weight excluding hydrogens is 458 g/mol. The Morgan fingerprint density at radius 2 is 1.83 bits per heavy atom. The van der Waals surface area contributed by atoms with E-state index in [1.807, 2.05) is 36.4 Å². The molecule has 0 spiro atoms. The fourth-order valence-corrected chi connectivity index (χ4v) is 5.12. The van der Waals surface area contributed by atoms with Gasteiger partial charge < -0.3 is 10.2 Å². The molecule has 3 aromatic carbocycles. The predicted molar refractivity (Wildman–Crippen MR) is 144 cm³/mol. The fraction of sp³-hybridized carbons (Fsp3) is 0.310. The number of rotatable bonds is 5. The molecule has 0 unspecified atom stereocenters. The van der Waals surface area contributed by atoms with Gasteiger partial charge in [0.2, 0.25) is 5.91 Å². The van der Waals surface area contributed by atoms with Crippen molar-refractivity contribution >= 4 is 35.6 Å². The van der Waals surface area contributed by atoms with Crippen LogP contribution in [0.3, 0.4) is 0 Å². The molecule has 2 aliphatic rings. The number of nitrogens with zero attached hydrogens (tertiary/aromatic N) is 2. The Labute approximate surface area is 213 Å². The highest BCUT2D eigenvalue weighted by molar-refractivity contribution is 6.05. The van der Waals surface area contributed by atoms with E-state index >= 15 is 0 Å². The number of anilines is 2. The molecule has 0 aliphatic carbocycles. The zero-order valence-electron chi connectivity index (χ0n) is 20.3. The minimum Gasteiger partial charge on any atom is -0.322 e. The summed E-state index contributed by atoms with van der Waals surface area (Å²) in [6.45, 7) is 4.20. The van der Waals surface area contributed by atoms with Crippen molar-refractivity contribution in [3.63, 3.8) is 0 Å². The topological polar surface area (TPSA) is 52.7 Å². The van der Waals surface area contributed by atoms with Crippen LogP contribution in [0.4, 0.5) is 11.4 Å². The number of benzene rings is 3. The first kappa shape index (κ1) is 25.0. The molecule has 0 bridgehead atoms. The van der Waals surface area contributed by atoms with E-state index in [1.54, 1.807) is 11.9 Å². The number of hydrogen-bond donors (Lipinski definition) is 1. The lowest BCUT2D eigenvalue weighted by molar-refractivity contribution is -0.118. The van der Waals surface area contributed by atoms with Crippen molar-refractivity contribution < 1.29 is 9.59 Å². The standard InChI is InChI=1S/C29H31N3O2.ClH/c1-20-7-6-16-32(20)19-24-17-23(11-14-26(24)21-8-4-3-5-9-21)29(34)30-25-13-10-22-12-15-28(33)31(2)27(22)18-25;/h3-5,8-11,13-14,17-18,20H,6-7,12,15-16,19H2,1-2H3,(H,30,34);1H/t20-;/m0./s1. The summed E-state index contributed by atoms with van der Waals surface area (Å²) in [6.07, 6.45) is 3.71. The van der Waals surface area contributed by atoms with Crippen molar-refractivity contribution in [2.24, 2.45) is 0 Å². The third kappa shape index (κ3) is 5.26. The first-order chi connectivity index (χ1) is 16.5. The minimum atomic E-state index is -0.139. The van der Waals surface area contributed by atoms with Gasteiger partial charge in [-0.15, -0.1) is 12.4 Å². The van der Waals surface area contributed by atoms with E-state index in [4.69, 9.17) is 0 Å². The Bertz CT molecular complexity index is 1230. The van der Waals surface area contributed by atoms with Gasteiger partial charge in [0.15, 0.2) is 0 Å². The van der Waals surface area contributed by atoms with Gasteiger partial charge in [0, 0.05) is 43.0 Å². The molecule has 5 nitrogen and oxygen atoms in total. The molecule has 0 saturated carbocycles. The molecule has 35 heavy (non-hydrogen) atoms. The van der Waals surface area contributed by atoms with Crippen LogP contribution in [-0.4, -0.2) is 36.3 Å². The number of fused-ring (bicyclic) bond motifs is 1. The normalized spacial score (nSPS) is 17.6. The third-order valence-electron chi connectivity index (χ3n) is 7.20. The number of carbonyl (C=O) groups excluding carboxylic acids is 2. The lowest BCUT2D eigenvalue weighted by Crippen LogP contribution is -2.31.